The van der Waals surface area contributed by atoms with Gasteiger partial charge < -0.3 is 4.90 Å². The molecule has 1 aliphatic heterocycles. The second-order valence-corrected chi connectivity index (χ2v) is 4.47. The first-order chi connectivity index (χ1) is 8.84. The summed E-state index contributed by atoms with van der Waals surface area (Å²) in [6, 6.07) is 9.77. The number of benzene rings is 1. The number of amides is 1. The number of hydrogen-bond acceptors (Lipinski definition) is 2. The molecular formula is C14H15N3O. The molecule has 1 amide bonds. The highest BCUT2D eigenvalue weighted by atomic mass is 16.2. The number of carbonyl (C=O) groups is 1. The third-order valence-corrected chi connectivity index (χ3v) is 3.34. The van der Waals surface area contributed by atoms with E-state index in [9.17, 15) is 4.79 Å². The minimum Gasteiger partial charge on any atom is -0.336 e. The maximum Gasteiger partial charge on any atom is 0.254 e. The molecule has 0 bridgehead atoms. The second kappa shape index (κ2) is 4.64. The molecule has 1 aromatic heterocycles. The number of carbonyl (C=O) groups excluding carboxylic acids is 1. The Morgan fingerprint density at radius 3 is 2.89 bits per heavy atom. The van der Waals surface area contributed by atoms with Crippen LogP contribution >= 0.6 is 0 Å². The van der Waals surface area contributed by atoms with Gasteiger partial charge in [-0.3, -0.25) is 9.48 Å². The van der Waals surface area contributed by atoms with E-state index in [0.717, 1.165) is 37.2 Å². The quantitative estimate of drug-likeness (QED) is 0.818. The maximum absolute atomic E-state index is 12.3. The average molecular weight is 241 g/mol. The largest absolute Gasteiger partial charge is 0.336 e. The van der Waals surface area contributed by atoms with Crippen LogP contribution in [-0.4, -0.2) is 33.7 Å². The first kappa shape index (κ1) is 11.0. The number of fused-ring (bicyclic) bond motifs is 1. The van der Waals surface area contributed by atoms with E-state index in [1.807, 2.05) is 46.1 Å². The summed E-state index contributed by atoms with van der Waals surface area (Å²) in [5, 5.41) is 4.15. The third kappa shape index (κ3) is 2.01. The van der Waals surface area contributed by atoms with E-state index in [1.165, 1.54) is 0 Å². The molecule has 4 nitrogen and oxygen atoms in total. The molecule has 0 radical (unpaired) electrons. The van der Waals surface area contributed by atoms with Crippen molar-refractivity contribution in [3.63, 3.8) is 0 Å². The van der Waals surface area contributed by atoms with Crippen molar-refractivity contribution in [3.8, 4) is 0 Å². The normalized spacial score (nSPS) is 14.7. The third-order valence-electron chi connectivity index (χ3n) is 3.34. The van der Waals surface area contributed by atoms with E-state index in [0.29, 0.717) is 0 Å². The standard InChI is InChI=1S/C14H15N3O/c18-14-13-5-2-1-4-12(13)6-9-16(14)10-11-17-8-3-7-15-17/h1-5,7-8H,6,9-11H2. The molecular weight excluding hydrogens is 226 g/mol. The minimum absolute atomic E-state index is 0.143. The van der Waals surface area contributed by atoms with Crippen molar-refractivity contribution in [2.75, 3.05) is 13.1 Å². The molecule has 0 aliphatic carbocycles. The van der Waals surface area contributed by atoms with E-state index in [2.05, 4.69) is 5.10 Å². The molecule has 4 heteroatoms. The van der Waals surface area contributed by atoms with Crippen LogP contribution in [0.5, 0.6) is 0 Å². The summed E-state index contributed by atoms with van der Waals surface area (Å²) < 4.78 is 1.85. The Morgan fingerprint density at radius 2 is 2.06 bits per heavy atom. The molecule has 2 aromatic rings. The molecule has 3 rings (SSSR count). The van der Waals surface area contributed by atoms with Gasteiger partial charge in [-0.1, -0.05) is 18.2 Å². The van der Waals surface area contributed by atoms with Gasteiger partial charge in [0.15, 0.2) is 0 Å². The van der Waals surface area contributed by atoms with Gasteiger partial charge in [-0.05, 0) is 24.1 Å². The van der Waals surface area contributed by atoms with E-state index in [-0.39, 0.29) is 5.91 Å². The first-order valence-corrected chi connectivity index (χ1v) is 6.19. The highest BCUT2D eigenvalue weighted by molar-refractivity contribution is 5.96. The Balaban J connectivity index is 1.71. The lowest BCUT2D eigenvalue weighted by Gasteiger charge is -2.28. The molecule has 0 fully saturated rings. The zero-order valence-electron chi connectivity index (χ0n) is 10.1. The molecule has 0 spiro atoms. The molecule has 92 valence electrons. The average Bonchev–Trinajstić information content (AvgIpc) is 2.91. The molecule has 1 aliphatic rings. The highest BCUT2D eigenvalue weighted by Gasteiger charge is 2.23. The Kier molecular flexibility index (Phi) is 2.84. The summed E-state index contributed by atoms with van der Waals surface area (Å²) in [4.78, 5) is 14.2. The molecule has 1 aromatic carbocycles. The van der Waals surface area contributed by atoms with Crippen molar-refractivity contribution >= 4 is 5.91 Å². The van der Waals surface area contributed by atoms with Gasteiger partial charge in [0.25, 0.3) is 5.91 Å². The second-order valence-electron chi connectivity index (χ2n) is 4.47. The lowest BCUT2D eigenvalue weighted by Crippen LogP contribution is -2.39. The van der Waals surface area contributed by atoms with E-state index in [4.69, 9.17) is 0 Å². The molecule has 2 heterocycles. The molecule has 0 N–H and O–H groups in total. The Hall–Kier alpha value is -2.10. The minimum atomic E-state index is 0.143. The van der Waals surface area contributed by atoms with Crippen LogP contribution < -0.4 is 0 Å². The van der Waals surface area contributed by atoms with Crippen LogP contribution in [0.15, 0.2) is 42.7 Å². The van der Waals surface area contributed by atoms with Crippen molar-refractivity contribution in [1.29, 1.82) is 0 Å². The molecule has 0 saturated heterocycles. The van der Waals surface area contributed by atoms with Gasteiger partial charge in [0.2, 0.25) is 0 Å². The van der Waals surface area contributed by atoms with Crippen LogP contribution in [0.25, 0.3) is 0 Å². The zero-order valence-corrected chi connectivity index (χ0v) is 10.1. The number of aromatic nitrogens is 2. The van der Waals surface area contributed by atoms with Crippen molar-refractivity contribution < 1.29 is 4.79 Å². The van der Waals surface area contributed by atoms with E-state index < -0.39 is 0 Å². The van der Waals surface area contributed by atoms with Crippen LogP contribution in [0.3, 0.4) is 0 Å². The van der Waals surface area contributed by atoms with Gasteiger partial charge in [0.05, 0.1) is 6.54 Å². The lowest BCUT2D eigenvalue weighted by molar-refractivity contribution is 0.0732. The van der Waals surface area contributed by atoms with Crippen LogP contribution in [0.4, 0.5) is 0 Å². The van der Waals surface area contributed by atoms with E-state index >= 15 is 0 Å². The number of rotatable bonds is 3. The Labute approximate surface area is 106 Å². The van der Waals surface area contributed by atoms with Gasteiger partial charge in [-0.25, -0.2) is 0 Å². The summed E-state index contributed by atoms with van der Waals surface area (Å²) in [5.74, 6) is 0.143. The van der Waals surface area contributed by atoms with Crippen LogP contribution in [0.1, 0.15) is 15.9 Å². The lowest BCUT2D eigenvalue weighted by atomic mass is 9.99. The highest BCUT2D eigenvalue weighted by Crippen LogP contribution is 2.18. The van der Waals surface area contributed by atoms with Gasteiger partial charge in [0.1, 0.15) is 0 Å². The van der Waals surface area contributed by atoms with Crippen molar-refractivity contribution in [3.05, 3.63) is 53.9 Å². The number of hydrogen-bond donors (Lipinski definition) is 0. The molecule has 0 atom stereocenters. The first-order valence-electron chi connectivity index (χ1n) is 6.19. The predicted octanol–water partition coefficient (Wildman–Crippen LogP) is 1.58. The van der Waals surface area contributed by atoms with Gasteiger partial charge >= 0.3 is 0 Å². The van der Waals surface area contributed by atoms with E-state index in [1.54, 1.807) is 6.20 Å². The van der Waals surface area contributed by atoms with Gasteiger partial charge in [-0.15, -0.1) is 0 Å². The maximum atomic E-state index is 12.3. The SMILES string of the molecule is O=C1c2ccccc2CCN1CCn1cccn1. The fourth-order valence-corrected chi connectivity index (χ4v) is 2.34. The molecule has 18 heavy (non-hydrogen) atoms. The van der Waals surface area contributed by atoms with Gasteiger partial charge in [-0.2, -0.15) is 5.10 Å². The Bertz CT molecular complexity index is 548. The monoisotopic (exact) mass is 241 g/mol. The smallest absolute Gasteiger partial charge is 0.254 e. The van der Waals surface area contributed by atoms with Gasteiger partial charge in [0, 0.05) is 31.0 Å². The van der Waals surface area contributed by atoms with Crippen LogP contribution in [0.2, 0.25) is 0 Å². The van der Waals surface area contributed by atoms with Crippen molar-refractivity contribution in [2.24, 2.45) is 0 Å². The summed E-state index contributed by atoms with van der Waals surface area (Å²) in [6.45, 7) is 2.27. The molecule has 0 unspecified atom stereocenters. The van der Waals surface area contributed by atoms with Crippen LogP contribution in [-0.2, 0) is 13.0 Å². The summed E-state index contributed by atoms with van der Waals surface area (Å²) >= 11 is 0. The zero-order chi connectivity index (χ0) is 12.4. The topological polar surface area (TPSA) is 38.1 Å². The molecule has 0 saturated carbocycles. The summed E-state index contributed by atoms with van der Waals surface area (Å²) in [7, 11) is 0. The van der Waals surface area contributed by atoms with Crippen molar-refractivity contribution in [2.45, 2.75) is 13.0 Å². The van der Waals surface area contributed by atoms with Crippen LogP contribution in [0, 0.1) is 0 Å². The fraction of sp³-hybridized carbons (Fsp3) is 0.286. The Morgan fingerprint density at radius 1 is 1.17 bits per heavy atom. The predicted molar refractivity (Wildman–Crippen MR) is 68.3 cm³/mol. The fourth-order valence-electron chi connectivity index (χ4n) is 2.34. The number of nitrogens with zero attached hydrogens (tertiary/aromatic N) is 3. The summed E-state index contributed by atoms with van der Waals surface area (Å²) in [6.07, 6.45) is 4.62. The summed E-state index contributed by atoms with van der Waals surface area (Å²) in [5.41, 5.74) is 2.02. The van der Waals surface area contributed by atoms with Crippen molar-refractivity contribution in [1.82, 2.24) is 14.7 Å².